The van der Waals surface area contributed by atoms with Crippen molar-refractivity contribution in [2.75, 3.05) is 19.5 Å². The maximum absolute atomic E-state index is 12.0. The fraction of sp³-hybridized carbons (Fsp3) is 0.467. The van der Waals surface area contributed by atoms with Crippen LogP contribution in [0.4, 0.5) is 5.69 Å². The van der Waals surface area contributed by atoms with Crippen molar-refractivity contribution >= 4 is 17.6 Å². The van der Waals surface area contributed by atoms with Crippen LogP contribution >= 0.6 is 0 Å². The molecule has 1 rings (SSSR count). The van der Waals surface area contributed by atoms with Crippen molar-refractivity contribution in [2.45, 2.75) is 31.8 Å². The highest BCUT2D eigenvalue weighted by Gasteiger charge is 2.17. The molecule has 0 radical (unpaired) electrons. The van der Waals surface area contributed by atoms with E-state index in [2.05, 4.69) is 10.1 Å². The van der Waals surface area contributed by atoms with Gasteiger partial charge in [0.1, 0.15) is 6.10 Å². The summed E-state index contributed by atoms with van der Waals surface area (Å²) in [5.41, 5.74) is 0.745. The van der Waals surface area contributed by atoms with Crippen molar-refractivity contribution in [2.24, 2.45) is 0 Å². The zero-order valence-corrected chi connectivity index (χ0v) is 11.9. The molecule has 0 saturated heterocycles. The minimum Gasteiger partial charge on any atom is -0.469 e. The molecular formula is C15H21NO4. The zero-order valence-electron chi connectivity index (χ0n) is 11.9. The summed E-state index contributed by atoms with van der Waals surface area (Å²) in [6, 6.07) is 9.24. The summed E-state index contributed by atoms with van der Waals surface area (Å²) >= 11 is 0. The molecule has 0 aliphatic carbocycles. The lowest BCUT2D eigenvalue weighted by Crippen LogP contribution is -2.29. The third kappa shape index (κ3) is 5.84. The average molecular weight is 279 g/mol. The van der Waals surface area contributed by atoms with Crippen LogP contribution in [-0.2, 0) is 19.1 Å². The van der Waals surface area contributed by atoms with Gasteiger partial charge in [0.05, 0.1) is 7.11 Å². The van der Waals surface area contributed by atoms with E-state index in [9.17, 15) is 9.59 Å². The molecule has 20 heavy (non-hydrogen) atoms. The number of ether oxygens (including phenoxy) is 2. The fourth-order valence-electron chi connectivity index (χ4n) is 1.80. The largest absolute Gasteiger partial charge is 0.469 e. The molecule has 110 valence electrons. The molecule has 5 nitrogen and oxygen atoms in total. The van der Waals surface area contributed by atoms with E-state index in [4.69, 9.17) is 4.74 Å². The van der Waals surface area contributed by atoms with Crippen LogP contribution in [0.1, 0.15) is 25.7 Å². The number of hydrogen-bond acceptors (Lipinski definition) is 4. The zero-order chi connectivity index (χ0) is 14.8. The van der Waals surface area contributed by atoms with Gasteiger partial charge in [-0.15, -0.1) is 0 Å². The Morgan fingerprint density at radius 3 is 2.45 bits per heavy atom. The van der Waals surface area contributed by atoms with Crippen LogP contribution in [0, 0.1) is 0 Å². The first-order valence-electron chi connectivity index (χ1n) is 6.63. The van der Waals surface area contributed by atoms with Crippen LogP contribution in [0.3, 0.4) is 0 Å². The number of para-hydroxylation sites is 1. The fourth-order valence-corrected chi connectivity index (χ4v) is 1.80. The second-order valence-corrected chi connectivity index (χ2v) is 4.40. The molecule has 5 heteroatoms. The quantitative estimate of drug-likeness (QED) is 0.586. The third-order valence-electron chi connectivity index (χ3n) is 2.94. The predicted octanol–water partition coefficient (Wildman–Crippen LogP) is 2.37. The Hall–Kier alpha value is -1.88. The van der Waals surface area contributed by atoms with Gasteiger partial charge in [0, 0.05) is 19.2 Å². The summed E-state index contributed by atoms with van der Waals surface area (Å²) in [6.45, 7) is 0. The molecule has 0 saturated carbocycles. The first kappa shape index (κ1) is 16.2. The van der Waals surface area contributed by atoms with Gasteiger partial charge < -0.3 is 14.8 Å². The van der Waals surface area contributed by atoms with E-state index >= 15 is 0 Å². The van der Waals surface area contributed by atoms with Gasteiger partial charge in [-0.1, -0.05) is 18.2 Å². The van der Waals surface area contributed by atoms with E-state index < -0.39 is 6.10 Å². The second-order valence-electron chi connectivity index (χ2n) is 4.40. The van der Waals surface area contributed by atoms with E-state index in [0.29, 0.717) is 19.3 Å². The summed E-state index contributed by atoms with van der Waals surface area (Å²) in [6.07, 6.45) is 1.85. The maximum Gasteiger partial charge on any atom is 0.305 e. The Balaban J connectivity index is 2.34. The van der Waals surface area contributed by atoms with Gasteiger partial charge in [0.2, 0.25) is 0 Å². The summed E-state index contributed by atoms with van der Waals surface area (Å²) in [5, 5.41) is 2.80. The minimum atomic E-state index is -0.507. The second kappa shape index (κ2) is 9.09. The summed E-state index contributed by atoms with van der Waals surface area (Å²) in [4.78, 5) is 23.0. The first-order valence-corrected chi connectivity index (χ1v) is 6.63. The average Bonchev–Trinajstić information content (AvgIpc) is 2.47. The maximum atomic E-state index is 12.0. The monoisotopic (exact) mass is 279 g/mol. The number of benzene rings is 1. The molecule has 1 atom stereocenters. The Kier molecular flexibility index (Phi) is 7.35. The van der Waals surface area contributed by atoms with Crippen molar-refractivity contribution in [1.29, 1.82) is 0 Å². The molecule has 0 unspecified atom stereocenters. The van der Waals surface area contributed by atoms with Crippen molar-refractivity contribution in [3.8, 4) is 0 Å². The Labute approximate surface area is 119 Å². The van der Waals surface area contributed by atoms with Crippen LogP contribution in [0.5, 0.6) is 0 Å². The highest BCUT2D eigenvalue weighted by atomic mass is 16.5. The van der Waals surface area contributed by atoms with E-state index in [1.54, 1.807) is 0 Å². The number of nitrogens with one attached hydrogen (secondary N) is 1. The van der Waals surface area contributed by atoms with Gasteiger partial charge >= 0.3 is 5.97 Å². The van der Waals surface area contributed by atoms with Crippen LogP contribution < -0.4 is 5.32 Å². The Bertz CT molecular complexity index is 419. The van der Waals surface area contributed by atoms with Crippen LogP contribution in [-0.4, -0.2) is 32.2 Å². The third-order valence-corrected chi connectivity index (χ3v) is 2.94. The number of anilines is 1. The molecule has 1 N–H and O–H groups in total. The number of methoxy groups -OCH3 is 2. The minimum absolute atomic E-state index is 0.170. The Morgan fingerprint density at radius 2 is 1.85 bits per heavy atom. The SMILES string of the molecule is COC(=O)CCCC[C@H](OC)C(=O)Nc1ccccc1. The topological polar surface area (TPSA) is 64.6 Å². The summed E-state index contributed by atoms with van der Waals surface area (Å²) in [5.74, 6) is -0.399. The summed E-state index contributed by atoms with van der Waals surface area (Å²) < 4.78 is 9.75. The number of hydrogen-bond donors (Lipinski definition) is 1. The normalized spacial score (nSPS) is 11.7. The number of carbonyl (C=O) groups is 2. The Morgan fingerprint density at radius 1 is 1.15 bits per heavy atom. The smallest absolute Gasteiger partial charge is 0.305 e. The van der Waals surface area contributed by atoms with Gasteiger partial charge in [-0.25, -0.2) is 0 Å². The standard InChI is InChI=1S/C15H21NO4/c1-19-13(10-6-7-11-14(17)20-2)15(18)16-12-8-4-3-5-9-12/h3-5,8-9,13H,6-7,10-11H2,1-2H3,(H,16,18)/t13-/m0/s1. The number of unbranched alkanes of at least 4 members (excludes halogenated alkanes) is 1. The highest BCUT2D eigenvalue weighted by Crippen LogP contribution is 2.11. The van der Waals surface area contributed by atoms with Gasteiger partial charge in [-0.3, -0.25) is 9.59 Å². The van der Waals surface area contributed by atoms with Crippen molar-refractivity contribution in [3.63, 3.8) is 0 Å². The molecular weight excluding hydrogens is 258 g/mol. The van der Waals surface area contributed by atoms with Crippen LogP contribution in [0.15, 0.2) is 30.3 Å². The molecule has 0 spiro atoms. The van der Waals surface area contributed by atoms with E-state index in [0.717, 1.165) is 12.1 Å². The summed E-state index contributed by atoms with van der Waals surface area (Å²) in [7, 11) is 2.88. The van der Waals surface area contributed by atoms with E-state index in [1.807, 2.05) is 30.3 Å². The van der Waals surface area contributed by atoms with Gasteiger partial charge in [-0.2, -0.15) is 0 Å². The lowest BCUT2D eigenvalue weighted by molar-refractivity contribution is -0.140. The lowest BCUT2D eigenvalue weighted by Gasteiger charge is -2.15. The van der Waals surface area contributed by atoms with Crippen LogP contribution in [0.25, 0.3) is 0 Å². The van der Waals surface area contributed by atoms with Crippen LogP contribution in [0.2, 0.25) is 0 Å². The van der Waals surface area contributed by atoms with Crippen molar-refractivity contribution in [3.05, 3.63) is 30.3 Å². The number of esters is 1. The molecule has 0 heterocycles. The molecule has 0 fully saturated rings. The van der Waals surface area contributed by atoms with E-state index in [-0.39, 0.29) is 11.9 Å². The highest BCUT2D eigenvalue weighted by molar-refractivity contribution is 5.94. The molecule has 0 bridgehead atoms. The first-order chi connectivity index (χ1) is 9.67. The molecule has 0 aliphatic heterocycles. The number of carbonyl (C=O) groups excluding carboxylic acids is 2. The molecule has 0 aromatic heterocycles. The predicted molar refractivity (Wildman–Crippen MR) is 76.4 cm³/mol. The van der Waals surface area contributed by atoms with Gasteiger partial charge in [0.15, 0.2) is 0 Å². The number of amides is 1. The lowest BCUT2D eigenvalue weighted by atomic mass is 10.1. The molecule has 1 aromatic rings. The molecule has 1 amide bonds. The number of rotatable bonds is 8. The van der Waals surface area contributed by atoms with E-state index in [1.165, 1.54) is 14.2 Å². The van der Waals surface area contributed by atoms with Gasteiger partial charge in [0.25, 0.3) is 5.91 Å². The molecule has 1 aromatic carbocycles. The van der Waals surface area contributed by atoms with Crippen molar-refractivity contribution < 1.29 is 19.1 Å². The molecule has 0 aliphatic rings. The van der Waals surface area contributed by atoms with Crippen molar-refractivity contribution in [1.82, 2.24) is 0 Å². The van der Waals surface area contributed by atoms with Gasteiger partial charge in [-0.05, 0) is 31.4 Å².